The van der Waals surface area contributed by atoms with Gasteiger partial charge in [-0.1, -0.05) is 48.5 Å². The van der Waals surface area contributed by atoms with E-state index >= 15 is 0 Å². The SMILES string of the molecule is Cl.O=C(O)CCc1ccc(OCc2ccc(CN3CCC4(CC3)CC(OCc3ccc(F)cc3)CCO4)cc2)cc1. The van der Waals surface area contributed by atoms with Crippen molar-refractivity contribution in [3.05, 3.63) is 101 Å². The summed E-state index contributed by atoms with van der Waals surface area (Å²) in [7, 11) is 0. The molecule has 2 aliphatic heterocycles. The van der Waals surface area contributed by atoms with Gasteiger partial charge in [-0.3, -0.25) is 9.69 Å². The number of nitrogens with zero attached hydrogens (tertiary/aromatic N) is 1. The first-order valence-corrected chi connectivity index (χ1v) is 14.2. The second-order valence-corrected chi connectivity index (χ2v) is 11.0. The minimum Gasteiger partial charge on any atom is -0.489 e. The Labute approximate surface area is 247 Å². The quantitative estimate of drug-likeness (QED) is 0.275. The van der Waals surface area contributed by atoms with Gasteiger partial charge in [-0.2, -0.15) is 0 Å². The Kier molecular flexibility index (Phi) is 11.2. The fraction of sp³-hybridized carbons (Fsp3) is 0.424. The molecule has 0 saturated carbocycles. The first kappa shape index (κ1) is 31.0. The molecule has 3 aromatic rings. The van der Waals surface area contributed by atoms with Crippen molar-refractivity contribution in [3.8, 4) is 5.75 Å². The van der Waals surface area contributed by atoms with E-state index in [0.29, 0.717) is 19.6 Å². The zero-order valence-corrected chi connectivity index (χ0v) is 24.1. The van der Waals surface area contributed by atoms with Gasteiger partial charge in [-0.15, -0.1) is 12.4 Å². The third kappa shape index (κ3) is 9.27. The van der Waals surface area contributed by atoms with E-state index < -0.39 is 5.97 Å². The number of aryl methyl sites for hydroxylation is 1. The average Bonchev–Trinajstić information content (AvgIpc) is 2.97. The number of hydrogen-bond donors (Lipinski definition) is 1. The number of ether oxygens (including phenoxy) is 3. The lowest BCUT2D eigenvalue weighted by Crippen LogP contribution is -2.50. The molecule has 1 atom stereocenters. The molecule has 0 aromatic heterocycles. The summed E-state index contributed by atoms with van der Waals surface area (Å²) < 4.78 is 31.6. The van der Waals surface area contributed by atoms with Gasteiger partial charge < -0.3 is 19.3 Å². The number of rotatable bonds is 11. The highest BCUT2D eigenvalue weighted by Gasteiger charge is 2.40. The van der Waals surface area contributed by atoms with Crippen LogP contribution in [0.1, 0.15) is 54.4 Å². The van der Waals surface area contributed by atoms with Crippen molar-refractivity contribution in [2.24, 2.45) is 0 Å². The van der Waals surface area contributed by atoms with E-state index in [4.69, 9.17) is 19.3 Å². The molecule has 3 aromatic carbocycles. The van der Waals surface area contributed by atoms with Gasteiger partial charge in [-0.25, -0.2) is 4.39 Å². The Morgan fingerprint density at radius 3 is 2.20 bits per heavy atom. The van der Waals surface area contributed by atoms with Crippen LogP contribution in [0, 0.1) is 5.82 Å². The van der Waals surface area contributed by atoms with Gasteiger partial charge in [0.2, 0.25) is 0 Å². The first-order chi connectivity index (χ1) is 19.4. The Bertz CT molecular complexity index is 1230. The maximum Gasteiger partial charge on any atom is 0.303 e. The van der Waals surface area contributed by atoms with Gasteiger partial charge in [0, 0.05) is 39.1 Å². The lowest BCUT2D eigenvalue weighted by atomic mass is 9.83. The molecule has 5 rings (SSSR count). The van der Waals surface area contributed by atoms with Crippen LogP contribution in [0.25, 0.3) is 0 Å². The smallest absolute Gasteiger partial charge is 0.303 e. The molecule has 1 spiro atoms. The second-order valence-electron chi connectivity index (χ2n) is 11.0. The van der Waals surface area contributed by atoms with Crippen LogP contribution < -0.4 is 4.74 Å². The van der Waals surface area contributed by atoms with Crippen molar-refractivity contribution in [2.75, 3.05) is 19.7 Å². The highest BCUT2D eigenvalue weighted by molar-refractivity contribution is 5.85. The average molecular weight is 584 g/mol. The van der Waals surface area contributed by atoms with Crippen molar-refractivity contribution >= 4 is 18.4 Å². The number of benzene rings is 3. The fourth-order valence-electron chi connectivity index (χ4n) is 5.56. The van der Waals surface area contributed by atoms with Gasteiger partial charge in [0.1, 0.15) is 18.2 Å². The lowest BCUT2D eigenvalue weighted by molar-refractivity contribution is -0.158. The molecule has 0 radical (unpaired) electrons. The summed E-state index contributed by atoms with van der Waals surface area (Å²) in [6.07, 6.45) is 4.66. The zero-order chi connectivity index (χ0) is 27.8. The summed E-state index contributed by atoms with van der Waals surface area (Å²) in [6.45, 7) is 4.64. The van der Waals surface area contributed by atoms with Crippen molar-refractivity contribution < 1.29 is 28.5 Å². The Balaban J connectivity index is 0.00000387. The first-order valence-electron chi connectivity index (χ1n) is 14.2. The zero-order valence-electron chi connectivity index (χ0n) is 23.3. The maximum absolute atomic E-state index is 13.2. The number of likely N-dealkylation sites (tertiary alicyclic amines) is 1. The summed E-state index contributed by atoms with van der Waals surface area (Å²) in [6, 6.07) is 22.8. The van der Waals surface area contributed by atoms with Crippen LogP contribution in [-0.4, -0.2) is 47.4 Å². The van der Waals surface area contributed by atoms with Crippen LogP contribution in [0.2, 0.25) is 0 Å². The van der Waals surface area contributed by atoms with Crippen molar-refractivity contribution in [1.29, 1.82) is 0 Å². The molecule has 8 heteroatoms. The van der Waals surface area contributed by atoms with Crippen LogP contribution in [-0.2, 0) is 40.4 Å². The van der Waals surface area contributed by atoms with Crippen molar-refractivity contribution in [3.63, 3.8) is 0 Å². The Morgan fingerprint density at radius 1 is 0.902 bits per heavy atom. The molecule has 0 amide bonds. The molecule has 2 fully saturated rings. The van der Waals surface area contributed by atoms with E-state index in [2.05, 4.69) is 29.2 Å². The summed E-state index contributed by atoms with van der Waals surface area (Å²) in [4.78, 5) is 13.2. The predicted molar refractivity (Wildman–Crippen MR) is 158 cm³/mol. The van der Waals surface area contributed by atoms with Crippen LogP contribution in [0.5, 0.6) is 5.75 Å². The standard InChI is InChI=1S/C33H38FNO5.ClH/c34-29-10-5-28(6-11-29)24-39-31-15-20-40-33(21-31)16-18-35(19-17-33)22-26-1-3-27(4-2-26)23-38-30-12-7-25(8-13-30)9-14-32(36)37;/h1-8,10-13,31H,9,14-24H2,(H,36,37);1H. The number of carboxylic acid groups (broad SMARTS) is 1. The van der Waals surface area contributed by atoms with E-state index in [-0.39, 0.29) is 36.4 Å². The van der Waals surface area contributed by atoms with E-state index in [0.717, 1.165) is 74.4 Å². The van der Waals surface area contributed by atoms with Crippen LogP contribution >= 0.6 is 12.4 Å². The number of halogens is 2. The van der Waals surface area contributed by atoms with Crippen molar-refractivity contribution in [1.82, 2.24) is 4.90 Å². The highest BCUT2D eigenvalue weighted by atomic mass is 35.5. The molecule has 0 aliphatic carbocycles. The van der Waals surface area contributed by atoms with Crippen LogP contribution in [0.15, 0.2) is 72.8 Å². The minimum atomic E-state index is -0.786. The fourth-order valence-corrected chi connectivity index (χ4v) is 5.56. The number of carbonyl (C=O) groups is 1. The molecule has 2 aliphatic rings. The third-order valence-corrected chi connectivity index (χ3v) is 8.00. The molecule has 6 nitrogen and oxygen atoms in total. The minimum absolute atomic E-state index is 0. The summed E-state index contributed by atoms with van der Waals surface area (Å²) in [5, 5.41) is 8.82. The molecule has 2 heterocycles. The van der Waals surface area contributed by atoms with Gasteiger partial charge in [0.25, 0.3) is 0 Å². The maximum atomic E-state index is 13.2. The van der Waals surface area contributed by atoms with Gasteiger partial charge >= 0.3 is 5.97 Å². The van der Waals surface area contributed by atoms with E-state index in [1.807, 2.05) is 24.3 Å². The largest absolute Gasteiger partial charge is 0.489 e. The molecular formula is C33H39ClFNO5. The van der Waals surface area contributed by atoms with Gasteiger partial charge in [-0.05, 0) is 72.2 Å². The van der Waals surface area contributed by atoms with Gasteiger partial charge in [0.15, 0.2) is 0 Å². The molecule has 41 heavy (non-hydrogen) atoms. The molecule has 1 N–H and O–H groups in total. The predicted octanol–water partition coefficient (Wildman–Crippen LogP) is 6.57. The Morgan fingerprint density at radius 2 is 1.51 bits per heavy atom. The van der Waals surface area contributed by atoms with E-state index in [1.54, 1.807) is 12.1 Å². The topological polar surface area (TPSA) is 68.2 Å². The molecule has 2 saturated heterocycles. The molecule has 0 bridgehead atoms. The van der Waals surface area contributed by atoms with E-state index in [9.17, 15) is 9.18 Å². The summed E-state index contributed by atoms with van der Waals surface area (Å²) in [5.74, 6) is -0.232. The molecular weight excluding hydrogens is 545 g/mol. The number of carboxylic acids is 1. The number of aliphatic carboxylic acids is 1. The van der Waals surface area contributed by atoms with Gasteiger partial charge in [0.05, 0.1) is 18.3 Å². The Hall–Kier alpha value is -2.97. The summed E-state index contributed by atoms with van der Waals surface area (Å²) in [5.41, 5.74) is 4.29. The molecule has 220 valence electrons. The number of hydrogen-bond acceptors (Lipinski definition) is 5. The van der Waals surface area contributed by atoms with Crippen LogP contribution in [0.3, 0.4) is 0 Å². The van der Waals surface area contributed by atoms with Crippen LogP contribution in [0.4, 0.5) is 4.39 Å². The lowest BCUT2D eigenvalue weighted by Gasteiger charge is -2.46. The molecule has 1 unspecified atom stereocenters. The van der Waals surface area contributed by atoms with E-state index in [1.165, 1.54) is 17.7 Å². The number of piperidine rings is 1. The highest BCUT2D eigenvalue weighted by Crippen LogP contribution is 2.36. The monoisotopic (exact) mass is 583 g/mol. The van der Waals surface area contributed by atoms with Crippen molar-refractivity contribution in [2.45, 2.75) is 70.0 Å². The summed E-state index contributed by atoms with van der Waals surface area (Å²) >= 11 is 0. The third-order valence-electron chi connectivity index (χ3n) is 8.00. The normalized spacial score (nSPS) is 18.5. The second kappa shape index (κ2) is 14.8.